The largest absolute Gasteiger partial charge is 0.417 e. The Morgan fingerprint density at radius 2 is 2.03 bits per heavy atom. The number of anilines is 1. The normalized spacial score (nSPS) is 19.1. The van der Waals surface area contributed by atoms with E-state index in [9.17, 15) is 18.0 Å². The number of alkyl halides is 3. The molecule has 32 heavy (non-hydrogen) atoms. The first-order valence-corrected chi connectivity index (χ1v) is 10.2. The molecule has 4 heterocycles. The van der Waals surface area contributed by atoms with Crippen LogP contribution < -0.4 is 5.32 Å². The molecule has 0 radical (unpaired) electrons. The van der Waals surface area contributed by atoms with Crippen molar-refractivity contribution in [2.24, 2.45) is 0 Å². The Morgan fingerprint density at radius 3 is 2.69 bits per heavy atom. The van der Waals surface area contributed by atoms with Crippen LogP contribution in [0.25, 0.3) is 5.69 Å². The van der Waals surface area contributed by atoms with Crippen molar-refractivity contribution in [3.8, 4) is 5.69 Å². The standard InChI is InChI=1S/C21H22F3N7O/c1-13-5-7-17(31-11-9-26-29-31)19(27-13)20(32)30-10-3-4-16(14(30)2)28-18-8-6-15(12-25-18)21(22,23)24/h5-9,11-12,14,16H,3-4,10H2,1-2H3,(H,25,28)/t14-,16+/m0/s1. The minimum atomic E-state index is -4.44. The summed E-state index contributed by atoms with van der Waals surface area (Å²) in [5.41, 5.74) is 0.702. The molecule has 1 N–H and O–H groups in total. The number of amides is 1. The highest BCUT2D eigenvalue weighted by atomic mass is 19.4. The molecule has 11 heteroatoms. The summed E-state index contributed by atoms with van der Waals surface area (Å²) >= 11 is 0. The van der Waals surface area contributed by atoms with E-state index in [0.29, 0.717) is 23.7 Å². The number of carbonyl (C=O) groups excluding carboxylic acids is 1. The van der Waals surface area contributed by atoms with E-state index in [4.69, 9.17) is 0 Å². The van der Waals surface area contributed by atoms with Gasteiger partial charge in [-0.05, 0) is 51.0 Å². The highest BCUT2D eigenvalue weighted by Gasteiger charge is 2.34. The SMILES string of the molecule is Cc1ccc(-n2ccnn2)c(C(=O)N2CCC[C@@H](Nc3ccc(C(F)(F)F)cn3)[C@@H]2C)n1. The van der Waals surface area contributed by atoms with Crippen molar-refractivity contribution in [1.29, 1.82) is 0 Å². The van der Waals surface area contributed by atoms with Gasteiger partial charge in [0.1, 0.15) is 5.82 Å². The van der Waals surface area contributed by atoms with E-state index < -0.39 is 11.7 Å². The molecule has 1 saturated heterocycles. The molecule has 8 nitrogen and oxygen atoms in total. The molecule has 0 saturated carbocycles. The fourth-order valence-electron chi connectivity index (χ4n) is 3.82. The summed E-state index contributed by atoms with van der Waals surface area (Å²) in [5.74, 6) is 0.0970. The topological polar surface area (TPSA) is 88.8 Å². The zero-order valence-electron chi connectivity index (χ0n) is 17.5. The van der Waals surface area contributed by atoms with Gasteiger partial charge >= 0.3 is 6.18 Å². The molecule has 1 fully saturated rings. The van der Waals surface area contributed by atoms with Gasteiger partial charge in [-0.3, -0.25) is 4.79 Å². The quantitative estimate of drug-likeness (QED) is 0.662. The summed E-state index contributed by atoms with van der Waals surface area (Å²) in [4.78, 5) is 23.6. The number of likely N-dealkylation sites (tertiary alicyclic amines) is 1. The third-order valence-corrected chi connectivity index (χ3v) is 5.56. The molecule has 3 aromatic heterocycles. The van der Waals surface area contributed by atoms with E-state index in [1.807, 2.05) is 13.8 Å². The maximum Gasteiger partial charge on any atom is 0.417 e. The number of hydrogen-bond donors (Lipinski definition) is 1. The Balaban J connectivity index is 1.54. The molecular weight excluding hydrogens is 423 g/mol. The Labute approximate surface area is 182 Å². The smallest absolute Gasteiger partial charge is 0.365 e. The number of nitrogens with zero attached hydrogens (tertiary/aromatic N) is 6. The van der Waals surface area contributed by atoms with Crippen LogP contribution in [0.3, 0.4) is 0 Å². The molecular formula is C21H22F3N7O. The zero-order chi connectivity index (χ0) is 22.9. The molecule has 0 spiro atoms. The van der Waals surface area contributed by atoms with Crippen LogP contribution in [0.5, 0.6) is 0 Å². The highest BCUT2D eigenvalue weighted by molar-refractivity contribution is 5.96. The number of aryl methyl sites for hydroxylation is 1. The lowest BCUT2D eigenvalue weighted by Gasteiger charge is -2.40. The van der Waals surface area contributed by atoms with Gasteiger partial charge in [-0.1, -0.05) is 5.21 Å². The maximum absolute atomic E-state index is 13.5. The zero-order valence-corrected chi connectivity index (χ0v) is 17.5. The van der Waals surface area contributed by atoms with Crippen molar-refractivity contribution in [3.63, 3.8) is 0 Å². The van der Waals surface area contributed by atoms with Gasteiger partial charge < -0.3 is 10.2 Å². The second kappa shape index (κ2) is 8.56. The van der Waals surface area contributed by atoms with Crippen molar-refractivity contribution in [1.82, 2.24) is 29.9 Å². The second-order valence-corrected chi connectivity index (χ2v) is 7.73. The first-order valence-electron chi connectivity index (χ1n) is 10.2. The number of halogens is 3. The molecule has 2 atom stereocenters. The number of aromatic nitrogens is 5. The van der Waals surface area contributed by atoms with E-state index in [0.717, 1.165) is 25.1 Å². The fourth-order valence-corrected chi connectivity index (χ4v) is 3.82. The van der Waals surface area contributed by atoms with Gasteiger partial charge in [-0.15, -0.1) is 5.10 Å². The van der Waals surface area contributed by atoms with Gasteiger partial charge in [0.15, 0.2) is 5.69 Å². The first kappa shape index (κ1) is 21.7. The Morgan fingerprint density at radius 1 is 1.22 bits per heavy atom. The number of piperidine rings is 1. The lowest BCUT2D eigenvalue weighted by Crippen LogP contribution is -2.52. The molecule has 168 valence electrons. The molecule has 1 aliphatic rings. The molecule has 4 rings (SSSR count). The van der Waals surface area contributed by atoms with Crippen molar-refractivity contribution >= 4 is 11.7 Å². The van der Waals surface area contributed by atoms with Crippen LogP contribution in [-0.4, -0.2) is 54.4 Å². The van der Waals surface area contributed by atoms with Gasteiger partial charge in [0.05, 0.1) is 23.6 Å². The molecule has 1 amide bonds. The van der Waals surface area contributed by atoms with E-state index in [-0.39, 0.29) is 23.7 Å². The number of nitrogens with one attached hydrogen (secondary N) is 1. The summed E-state index contributed by atoms with van der Waals surface area (Å²) in [6, 6.07) is 5.48. The van der Waals surface area contributed by atoms with E-state index in [1.54, 1.807) is 23.2 Å². The fraction of sp³-hybridized carbons (Fsp3) is 0.381. The van der Waals surface area contributed by atoms with E-state index >= 15 is 0 Å². The van der Waals surface area contributed by atoms with Crippen LogP contribution in [0.2, 0.25) is 0 Å². The first-order chi connectivity index (χ1) is 15.2. The Hall–Kier alpha value is -3.50. The van der Waals surface area contributed by atoms with Gasteiger partial charge in [0, 0.05) is 30.5 Å². The Bertz CT molecular complexity index is 1080. The van der Waals surface area contributed by atoms with E-state index in [2.05, 4.69) is 25.6 Å². The van der Waals surface area contributed by atoms with Crippen molar-refractivity contribution < 1.29 is 18.0 Å². The molecule has 0 unspecified atom stereocenters. The van der Waals surface area contributed by atoms with Crippen LogP contribution in [0, 0.1) is 6.92 Å². The predicted molar refractivity (Wildman–Crippen MR) is 110 cm³/mol. The monoisotopic (exact) mass is 445 g/mol. The van der Waals surface area contributed by atoms with Crippen molar-refractivity contribution in [3.05, 3.63) is 59.8 Å². The minimum Gasteiger partial charge on any atom is -0.365 e. The van der Waals surface area contributed by atoms with Crippen molar-refractivity contribution in [2.45, 2.75) is 44.9 Å². The van der Waals surface area contributed by atoms with Crippen LogP contribution in [0.1, 0.15) is 41.5 Å². The summed E-state index contributed by atoms with van der Waals surface area (Å²) in [6.45, 7) is 4.26. The summed E-state index contributed by atoms with van der Waals surface area (Å²) in [5, 5.41) is 11.0. The molecule has 3 aromatic rings. The number of hydrogen-bond acceptors (Lipinski definition) is 6. The summed E-state index contributed by atoms with van der Waals surface area (Å²) in [6.07, 6.45) is 1.02. The lowest BCUT2D eigenvalue weighted by molar-refractivity contribution is -0.137. The lowest BCUT2D eigenvalue weighted by atomic mass is 9.96. The second-order valence-electron chi connectivity index (χ2n) is 7.73. The van der Waals surface area contributed by atoms with Gasteiger partial charge in [0.25, 0.3) is 5.91 Å². The van der Waals surface area contributed by atoms with Gasteiger partial charge in [-0.2, -0.15) is 13.2 Å². The average Bonchev–Trinajstić information content (AvgIpc) is 3.29. The minimum absolute atomic E-state index is 0.170. The molecule has 0 aromatic carbocycles. The summed E-state index contributed by atoms with van der Waals surface area (Å²) in [7, 11) is 0. The molecule has 1 aliphatic heterocycles. The summed E-state index contributed by atoms with van der Waals surface area (Å²) < 4.78 is 39.8. The van der Waals surface area contributed by atoms with Gasteiger partial charge in [0.2, 0.25) is 0 Å². The number of carbonyl (C=O) groups is 1. The number of pyridine rings is 2. The van der Waals surface area contributed by atoms with Crippen LogP contribution in [0.4, 0.5) is 19.0 Å². The average molecular weight is 445 g/mol. The van der Waals surface area contributed by atoms with Crippen LogP contribution in [0.15, 0.2) is 42.9 Å². The number of rotatable bonds is 4. The van der Waals surface area contributed by atoms with Gasteiger partial charge in [-0.25, -0.2) is 14.6 Å². The van der Waals surface area contributed by atoms with Crippen LogP contribution >= 0.6 is 0 Å². The maximum atomic E-state index is 13.5. The van der Waals surface area contributed by atoms with E-state index in [1.165, 1.54) is 16.9 Å². The van der Waals surface area contributed by atoms with Crippen LogP contribution in [-0.2, 0) is 6.18 Å². The third-order valence-electron chi connectivity index (χ3n) is 5.56. The van der Waals surface area contributed by atoms with Crippen molar-refractivity contribution in [2.75, 3.05) is 11.9 Å². The molecule has 0 aliphatic carbocycles. The third kappa shape index (κ3) is 4.41. The predicted octanol–water partition coefficient (Wildman–Crippen LogP) is 3.49. The molecule has 0 bridgehead atoms. The highest BCUT2D eigenvalue weighted by Crippen LogP contribution is 2.29. The Kier molecular flexibility index (Phi) is 5.81.